The van der Waals surface area contributed by atoms with Crippen LogP contribution in [0.3, 0.4) is 0 Å². The lowest BCUT2D eigenvalue weighted by molar-refractivity contribution is 0.0379. The van der Waals surface area contributed by atoms with Gasteiger partial charge in [0.25, 0.3) is 0 Å². The van der Waals surface area contributed by atoms with Gasteiger partial charge in [0.15, 0.2) is 0 Å². The van der Waals surface area contributed by atoms with Crippen LogP contribution in [0.4, 0.5) is 0 Å². The van der Waals surface area contributed by atoms with E-state index < -0.39 is 0 Å². The Kier molecular flexibility index (Phi) is 5.34. The van der Waals surface area contributed by atoms with Crippen LogP contribution in [0.1, 0.15) is 0 Å². The minimum Gasteiger partial charge on any atom is -0.372 e. The second-order valence-corrected chi connectivity index (χ2v) is 5.06. The smallest absolute Gasteiger partial charge is 0.0759 e. The highest BCUT2D eigenvalue weighted by atomic mass is 127. The van der Waals surface area contributed by atoms with E-state index in [9.17, 15) is 0 Å². The summed E-state index contributed by atoms with van der Waals surface area (Å²) in [6.45, 7) is 0. The molecule has 0 aromatic heterocycles. The largest absolute Gasteiger partial charge is 0.372 e. The van der Waals surface area contributed by atoms with Gasteiger partial charge in [-0.3, -0.25) is 0 Å². The fourth-order valence-corrected chi connectivity index (χ4v) is 3.78. The van der Waals surface area contributed by atoms with E-state index in [0.717, 1.165) is 8.86 Å². The van der Waals surface area contributed by atoms with Crippen molar-refractivity contribution in [3.8, 4) is 0 Å². The molecule has 0 bridgehead atoms. The third kappa shape index (κ3) is 3.02. The van der Waals surface area contributed by atoms with Crippen LogP contribution in [0.25, 0.3) is 0 Å². The Morgan fingerprint density at radius 1 is 1.20 bits per heavy atom. The van der Waals surface area contributed by atoms with Gasteiger partial charge in [0, 0.05) is 20.4 Å². The molecule has 1 rings (SSSR count). The van der Waals surface area contributed by atoms with Gasteiger partial charge in [-0.2, -0.15) is 11.8 Å². The molecule has 0 aromatic rings. The van der Waals surface area contributed by atoms with Crippen LogP contribution in [-0.4, -0.2) is 32.6 Å². The molecular formula is C6H10I2OS. The molecular weight excluding hydrogens is 374 g/mol. The Labute approximate surface area is 93.3 Å². The van der Waals surface area contributed by atoms with Crippen molar-refractivity contribution in [2.75, 3.05) is 20.4 Å². The third-order valence-corrected chi connectivity index (χ3v) is 4.52. The number of hydrogen-bond acceptors (Lipinski definition) is 2. The quantitative estimate of drug-likeness (QED) is 0.534. The van der Waals surface area contributed by atoms with Gasteiger partial charge in [-0.25, -0.2) is 0 Å². The minimum absolute atomic E-state index is 0.513. The molecule has 0 radical (unpaired) electrons. The van der Waals surface area contributed by atoms with E-state index >= 15 is 0 Å². The second-order valence-electron chi connectivity index (χ2n) is 2.23. The van der Waals surface area contributed by atoms with Gasteiger partial charge in [-0.05, 0) is 0 Å². The average molecular weight is 384 g/mol. The fraction of sp³-hybridized carbons (Fsp3) is 1.00. The monoisotopic (exact) mass is 384 g/mol. The summed E-state index contributed by atoms with van der Waals surface area (Å²) in [7, 11) is 0. The van der Waals surface area contributed by atoms with Crippen molar-refractivity contribution in [1.29, 1.82) is 0 Å². The maximum Gasteiger partial charge on any atom is 0.0759 e. The van der Waals surface area contributed by atoms with E-state index in [1.807, 2.05) is 11.8 Å². The molecule has 0 N–H and O–H groups in total. The molecule has 1 nitrogen and oxygen atoms in total. The number of hydrogen-bond donors (Lipinski definition) is 0. The van der Waals surface area contributed by atoms with E-state index in [1.54, 1.807) is 0 Å². The summed E-state index contributed by atoms with van der Waals surface area (Å²) in [6.07, 6.45) is 1.03. The van der Waals surface area contributed by atoms with Crippen molar-refractivity contribution >= 4 is 56.9 Å². The van der Waals surface area contributed by atoms with Crippen molar-refractivity contribution in [1.82, 2.24) is 0 Å². The molecule has 1 saturated heterocycles. The van der Waals surface area contributed by atoms with Gasteiger partial charge in [0.2, 0.25) is 0 Å². The number of ether oxygens (including phenoxy) is 1. The molecule has 0 amide bonds. The average Bonchev–Trinajstić information content (AvgIpc) is 2.05. The first kappa shape index (κ1) is 9.85. The van der Waals surface area contributed by atoms with Gasteiger partial charge in [0.05, 0.1) is 12.2 Å². The molecule has 1 aliphatic heterocycles. The van der Waals surface area contributed by atoms with E-state index in [4.69, 9.17) is 4.74 Å². The predicted molar refractivity (Wildman–Crippen MR) is 63.8 cm³/mol. The lowest BCUT2D eigenvalue weighted by atomic mass is 10.4. The van der Waals surface area contributed by atoms with Crippen molar-refractivity contribution in [3.05, 3.63) is 0 Å². The molecule has 0 unspecified atom stereocenters. The number of thioether (sulfide) groups is 1. The number of halogens is 2. The normalized spacial score (nSPS) is 34.2. The molecule has 1 aliphatic rings. The summed E-state index contributed by atoms with van der Waals surface area (Å²) in [6, 6.07) is 0. The summed E-state index contributed by atoms with van der Waals surface area (Å²) in [4.78, 5) is 0. The van der Waals surface area contributed by atoms with Crippen LogP contribution < -0.4 is 0 Å². The summed E-state index contributed by atoms with van der Waals surface area (Å²) in [5, 5.41) is 0. The lowest BCUT2D eigenvalue weighted by Gasteiger charge is -2.27. The lowest BCUT2D eigenvalue weighted by Crippen LogP contribution is -2.33. The molecule has 10 heavy (non-hydrogen) atoms. The first-order chi connectivity index (χ1) is 4.86. The molecule has 4 heteroatoms. The van der Waals surface area contributed by atoms with Crippen LogP contribution in [0, 0.1) is 0 Å². The molecule has 2 atom stereocenters. The van der Waals surface area contributed by atoms with Gasteiger partial charge >= 0.3 is 0 Å². The molecule has 0 saturated carbocycles. The van der Waals surface area contributed by atoms with Crippen LogP contribution >= 0.6 is 56.9 Å². The maximum atomic E-state index is 5.75. The van der Waals surface area contributed by atoms with Crippen LogP contribution in [-0.2, 0) is 4.74 Å². The summed E-state index contributed by atoms with van der Waals surface area (Å²) in [5.74, 6) is 2.38. The Balaban J connectivity index is 2.25. The van der Waals surface area contributed by atoms with Crippen molar-refractivity contribution < 1.29 is 4.74 Å². The molecule has 60 valence electrons. The van der Waals surface area contributed by atoms with Crippen molar-refractivity contribution in [3.63, 3.8) is 0 Å². The van der Waals surface area contributed by atoms with E-state index in [1.165, 1.54) is 11.5 Å². The summed E-state index contributed by atoms with van der Waals surface area (Å²) >= 11 is 6.81. The zero-order valence-electron chi connectivity index (χ0n) is 5.56. The predicted octanol–water partition coefficient (Wildman–Crippen LogP) is 2.36. The van der Waals surface area contributed by atoms with E-state index in [2.05, 4.69) is 45.2 Å². The highest BCUT2D eigenvalue weighted by Crippen LogP contribution is 2.20. The summed E-state index contributed by atoms with van der Waals surface area (Å²) < 4.78 is 8.02. The van der Waals surface area contributed by atoms with Crippen molar-refractivity contribution in [2.24, 2.45) is 0 Å². The molecule has 0 spiro atoms. The standard InChI is InChI=1S/C6H10I2OS/c7-1-5-3-10-4-6(2-8)9-5/h5-6H,1-4H2/t5-,6-/m0/s1. The Hall–Kier alpha value is 1.77. The highest BCUT2D eigenvalue weighted by molar-refractivity contribution is 14.1. The topological polar surface area (TPSA) is 9.23 Å². The fourth-order valence-electron chi connectivity index (χ4n) is 0.843. The Morgan fingerprint density at radius 3 is 2.10 bits per heavy atom. The van der Waals surface area contributed by atoms with Gasteiger partial charge in [-0.15, -0.1) is 0 Å². The van der Waals surface area contributed by atoms with Crippen LogP contribution in [0.5, 0.6) is 0 Å². The second kappa shape index (κ2) is 5.42. The minimum atomic E-state index is 0.513. The van der Waals surface area contributed by atoms with Crippen LogP contribution in [0.15, 0.2) is 0 Å². The molecule has 0 aromatic carbocycles. The molecule has 1 fully saturated rings. The zero-order chi connectivity index (χ0) is 7.40. The van der Waals surface area contributed by atoms with Gasteiger partial charge in [-0.1, -0.05) is 45.2 Å². The molecule has 0 aliphatic carbocycles. The Bertz CT molecular complexity index is 91.7. The Morgan fingerprint density at radius 2 is 1.70 bits per heavy atom. The van der Waals surface area contributed by atoms with Crippen LogP contribution in [0.2, 0.25) is 0 Å². The summed E-state index contributed by atoms with van der Waals surface area (Å²) in [5.41, 5.74) is 0. The zero-order valence-corrected chi connectivity index (χ0v) is 10.7. The first-order valence-corrected chi connectivity index (χ1v) is 7.42. The maximum absolute atomic E-state index is 5.75. The number of rotatable bonds is 2. The highest BCUT2D eigenvalue weighted by Gasteiger charge is 2.20. The van der Waals surface area contributed by atoms with Gasteiger partial charge in [0.1, 0.15) is 0 Å². The van der Waals surface area contributed by atoms with Crippen molar-refractivity contribution in [2.45, 2.75) is 12.2 Å². The third-order valence-electron chi connectivity index (χ3n) is 1.34. The number of alkyl halides is 2. The van der Waals surface area contributed by atoms with Gasteiger partial charge < -0.3 is 4.74 Å². The van der Waals surface area contributed by atoms with E-state index in [-0.39, 0.29) is 0 Å². The molecule has 1 heterocycles. The SMILES string of the molecule is IC[C@H]1CSC[C@H](CI)O1. The first-order valence-electron chi connectivity index (χ1n) is 3.22. The van der Waals surface area contributed by atoms with E-state index in [0.29, 0.717) is 12.2 Å².